The molecule has 1 aliphatic rings. The van der Waals surface area contributed by atoms with Crippen LogP contribution in [0.15, 0.2) is 18.2 Å². The van der Waals surface area contributed by atoms with Crippen LogP contribution < -0.4 is 0 Å². The minimum Gasteiger partial charge on any atom is -0.335 e. The van der Waals surface area contributed by atoms with Crippen molar-refractivity contribution in [3.05, 3.63) is 35.1 Å². The topological polar surface area (TPSA) is 20.3 Å². The van der Waals surface area contributed by atoms with E-state index < -0.39 is 0 Å². The summed E-state index contributed by atoms with van der Waals surface area (Å²) in [6.07, 6.45) is 2.13. The molecule has 0 heterocycles. The van der Waals surface area contributed by atoms with Gasteiger partial charge in [0.15, 0.2) is 0 Å². The van der Waals surface area contributed by atoms with Crippen molar-refractivity contribution in [3.8, 4) is 0 Å². The molecule has 0 radical (unpaired) electrons. The van der Waals surface area contributed by atoms with Crippen molar-refractivity contribution in [1.82, 2.24) is 4.90 Å². The number of carbonyl (C=O) groups is 1. The Bertz CT molecular complexity index is 411. The summed E-state index contributed by atoms with van der Waals surface area (Å²) in [6.45, 7) is 2.48. The van der Waals surface area contributed by atoms with E-state index in [9.17, 15) is 9.18 Å². The molecule has 0 unspecified atom stereocenters. The average molecular weight is 300 g/mol. The van der Waals surface area contributed by atoms with E-state index in [1.807, 2.05) is 4.90 Å². The molecule has 17 heavy (non-hydrogen) atoms. The monoisotopic (exact) mass is 299 g/mol. The summed E-state index contributed by atoms with van der Waals surface area (Å²) in [6, 6.07) is 4.85. The Balaban J connectivity index is 2.21. The molecule has 0 bridgehead atoms. The summed E-state index contributed by atoms with van der Waals surface area (Å²) >= 11 is 3.35. The normalized spacial score (nSPS) is 14.8. The van der Waals surface area contributed by atoms with Gasteiger partial charge >= 0.3 is 0 Å². The molecule has 1 aromatic rings. The largest absolute Gasteiger partial charge is 0.335 e. The first-order chi connectivity index (χ1) is 8.11. The van der Waals surface area contributed by atoms with E-state index in [2.05, 4.69) is 15.9 Å². The number of alkyl halides is 1. The van der Waals surface area contributed by atoms with Crippen LogP contribution in [-0.4, -0.2) is 28.7 Å². The van der Waals surface area contributed by atoms with E-state index in [1.165, 1.54) is 12.1 Å². The van der Waals surface area contributed by atoms with E-state index in [0.717, 1.165) is 23.7 Å². The molecule has 0 atom stereocenters. The number of carbonyl (C=O) groups excluding carboxylic acids is 1. The third-order valence-corrected chi connectivity index (χ3v) is 3.22. The molecule has 1 fully saturated rings. The summed E-state index contributed by atoms with van der Waals surface area (Å²) in [7, 11) is 0. The van der Waals surface area contributed by atoms with Gasteiger partial charge in [-0.1, -0.05) is 15.9 Å². The second-order valence-corrected chi connectivity index (χ2v) is 5.23. The van der Waals surface area contributed by atoms with Gasteiger partial charge in [-0.2, -0.15) is 0 Å². The Hall–Kier alpha value is -0.900. The summed E-state index contributed by atoms with van der Waals surface area (Å²) in [5.41, 5.74) is 1.23. The van der Waals surface area contributed by atoms with Gasteiger partial charge < -0.3 is 4.90 Å². The Morgan fingerprint density at radius 3 is 2.71 bits per heavy atom. The highest BCUT2D eigenvalue weighted by atomic mass is 79.9. The van der Waals surface area contributed by atoms with Crippen molar-refractivity contribution >= 4 is 21.8 Å². The first-order valence-electron chi connectivity index (χ1n) is 5.76. The average Bonchev–Trinajstić information content (AvgIpc) is 3.07. The smallest absolute Gasteiger partial charge is 0.254 e. The maximum Gasteiger partial charge on any atom is 0.254 e. The molecule has 1 saturated carbocycles. The van der Waals surface area contributed by atoms with E-state index >= 15 is 0 Å². The molecule has 0 aliphatic heterocycles. The molecule has 4 heteroatoms. The van der Waals surface area contributed by atoms with Crippen LogP contribution in [0, 0.1) is 12.7 Å². The van der Waals surface area contributed by atoms with Gasteiger partial charge in [-0.25, -0.2) is 4.39 Å². The summed E-state index contributed by atoms with van der Waals surface area (Å²) in [5.74, 6) is -0.405. The predicted octanol–water partition coefficient (Wildman–Crippen LogP) is 3.13. The highest BCUT2D eigenvalue weighted by Gasteiger charge is 2.32. The molecular formula is C13H15BrFNO. The number of benzene rings is 1. The minimum atomic E-state index is -0.345. The number of amides is 1. The highest BCUT2D eigenvalue weighted by Crippen LogP contribution is 2.28. The van der Waals surface area contributed by atoms with E-state index in [4.69, 9.17) is 0 Å². The minimum absolute atomic E-state index is 0.0606. The molecule has 2 nitrogen and oxygen atoms in total. The van der Waals surface area contributed by atoms with E-state index in [-0.39, 0.29) is 11.7 Å². The quantitative estimate of drug-likeness (QED) is 0.782. The van der Waals surface area contributed by atoms with E-state index in [1.54, 1.807) is 13.0 Å². The summed E-state index contributed by atoms with van der Waals surface area (Å²) in [5, 5.41) is 0.754. The van der Waals surface area contributed by atoms with Crippen LogP contribution in [0.4, 0.5) is 4.39 Å². The lowest BCUT2D eigenvalue weighted by Gasteiger charge is -2.21. The zero-order valence-electron chi connectivity index (χ0n) is 9.75. The van der Waals surface area contributed by atoms with Gasteiger partial charge in [0.25, 0.3) is 5.91 Å². The van der Waals surface area contributed by atoms with Gasteiger partial charge in [0.05, 0.1) is 0 Å². The molecule has 1 amide bonds. The lowest BCUT2D eigenvalue weighted by molar-refractivity contribution is 0.0754. The SMILES string of the molecule is Cc1cc(F)cc(C(=O)N(CCBr)C2CC2)c1. The third kappa shape index (κ3) is 3.06. The van der Waals surface area contributed by atoms with Crippen molar-refractivity contribution in [3.63, 3.8) is 0 Å². The van der Waals surface area contributed by atoms with Crippen LogP contribution in [0.2, 0.25) is 0 Å². The van der Waals surface area contributed by atoms with Crippen LogP contribution in [0.1, 0.15) is 28.8 Å². The Labute approximate surface area is 109 Å². The maximum atomic E-state index is 13.3. The zero-order valence-corrected chi connectivity index (χ0v) is 11.3. The standard InChI is InChI=1S/C13H15BrFNO/c1-9-6-10(8-11(15)7-9)13(17)16(5-4-14)12-2-3-12/h6-8,12H,2-5H2,1H3. The van der Waals surface area contributed by atoms with E-state index in [0.29, 0.717) is 18.2 Å². The number of hydrogen-bond donors (Lipinski definition) is 0. The number of hydrogen-bond acceptors (Lipinski definition) is 1. The Morgan fingerprint density at radius 1 is 1.47 bits per heavy atom. The van der Waals surface area contributed by atoms with Gasteiger partial charge in [-0.3, -0.25) is 4.79 Å². The molecule has 1 aliphatic carbocycles. The van der Waals surface area contributed by atoms with Gasteiger partial charge in [-0.15, -0.1) is 0 Å². The zero-order chi connectivity index (χ0) is 12.4. The van der Waals surface area contributed by atoms with Crippen LogP contribution in [0.3, 0.4) is 0 Å². The molecule has 1 aromatic carbocycles. The van der Waals surface area contributed by atoms with Crippen molar-refractivity contribution in [2.24, 2.45) is 0 Å². The van der Waals surface area contributed by atoms with Crippen molar-refractivity contribution in [1.29, 1.82) is 0 Å². The number of nitrogens with zero attached hydrogens (tertiary/aromatic N) is 1. The fourth-order valence-corrected chi connectivity index (χ4v) is 2.33. The number of aryl methyl sites for hydroxylation is 1. The lowest BCUT2D eigenvalue weighted by atomic mass is 10.1. The van der Waals surface area contributed by atoms with Gasteiger partial charge in [0.2, 0.25) is 0 Å². The molecular weight excluding hydrogens is 285 g/mol. The second-order valence-electron chi connectivity index (χ2n) is 4.44. The Kier molecular flexibility index (Phi) is 3.82. The number of rotatable bonds is 4. The maximum absolute atomic E-state index is 13.3. The molecule has 0 spiro atoms. The highest BCUT2D eigenvalue weighted by molar-refractivity contribution is 9.09. The van der Waals surface area contributed by atoms with Crippen molar-refractivity contribution < 1.29 is 9.18 Å². The van der Waals surface area contributed by atoms with Gasteiger partial charge in [-0.05, 0) is 43.5 Å². The second kappa shape index (κ2) is 5.17. The fourth-order valence-electron chi connectivity index (χ4n) is 1.95. The van der Waals surface area contributed by atoms with Gasteiger partial charge in [0, 0.05) is 23.5 Å². The third-order valence-electron chi connectivity index (χ3n) is 2.86. The molecule has 2 rings (SSSR count). The summed E-state index contributed by atoms with van der Waals surface area (Å²) in [4.78, 5) is 14.1. The summed E-state index contributed by atoms with van der Waals surface area (Å²) < 4.78 is 13.3. The molecule has 0 saturated heterocycles. The molecule has 0 aromatic heterocycles. The predicted molar refractivity (Wildman–Crippen MR) is 69.0 cm³/mol. The van der Waals surface area contributed by atoms with Crippen molar-refractivity contribution in [2.45, 2.75) is 25.8 Å². The van der Waals surface area contributed by atoms with Crippen LogP contribution >= 0.6 is 15.9 Å². The molecule has 0 N–H and O–H groups in total. The first-order valence-corrected chi connectivity index (χ1v) is 6.88. The first kappa shape index (κ1) is 12.6. The number of halogens is 2. The molecule has 92 valence electrons. The lowest BCUT2D eigenvalue weighted by Crippen LogP contribution is -2.34. The van der Waals surface area contributed by atoms with Crippen LogP contribution in [0.25, 0.3) is 0 Å². The van der Waals surface area contributed by atoms with Crippen LogP contribution in [0.5, 0.6) is 0 Å². The fraction of sp³-hybridized carbons (Fsp3) is 0.462. The van der Waals surface area contributed by atoms with Gasteiger partial charge in [0.1, 0.15) is 5.82 Å². The Morgan fingerprint density at radius 2 is 2.18 bits per heavy atom. The van der Waals surface area contributed by atoms with Crippen molar-refractivity contribution in [2.75, 3.05) is 11.9 Å². The van der Waals surface area contributed by atoms with Crippen LogP contribution in [-0.2, 0) is 0 Å².